The number of hydrogen-bond donors (Lipinski definition) is 4. The number of quaternary nitrogens is 1. The van der Waals surface area contributed by atoms with E-state index in [2.05, 4.69) is 20.1 Å². The zero-order valence-corrected chi connectivity index (χ0v) is 13.7. The predicted octanol–water partition coefficient (Wildman–Crippen LogP) is 0.171. The molecule has 3 atom stereocenters. The molecule has 0 aliphatic carbocycles. The minimum atomic E-state index is -1.01. The maximum atomic E-state index is 11.1. The van der Waals surface area contributed by atoms with Gasteiger partial charge in [-0.2, -0.15) is 10.2 Å². The van der Waals surface area contributed by atoms with Crippen molar-refractivity contribution in [1.29, 1.82) is 0 Å². The van der Waals surface area contributed by atoms with Gasteiger partial charge in [0, 0.05) is 36.6 Å². The van der Waals surface area contributed by atoms with Gasteiger partial charge < -0.3 is 19.8 Å². The lowest BCUT2D eigenvalue weighted by molar-refractivity contribution is -0.991. The van der Waals surface area contributed by atoms with Crippen LogP contribution in [0.1, 0.15) is 24.2 Å². The molecule has 3 unspecified atom stereocenters. The number of likely N-dealkylation sites (tertiary alicyclic amines) is 1. The Morgan fingerprint density at radius 3 is 3.08 bits per heavy atom. The molecule has 1 saturated heterocycles. The molecular formula is C16H18N6O4. The van der Waals surface area contributed by atoms with E-state index < -0.39 is 11.3 Å². The van der Waals surface area contributed by atoms with E-state index in [1.54, 1.807) is 24.5 Å². The molecule has 1 aromatic carbocycles. The first-order valence-electron chi connectivity index (χ1n) is 8.18. The average molecular weight is 358 g/mol. The Bertz CT molecular complexity index is 865. The summed E-state index contributed by atoms with van der Waals surface area (Å²) >= 11 is 0. The van der Waals surface area contributed by atoms with E-state index in [1.807, 2.05) is 4.90 Å². The van der Waals surface area contributed by atoms with Gasteiger partial charge >= 0.3 is 0 Å². The molecule has 4 rings (SSSR count). The highest BCUT2D eigenvalue weighted by atomic mass is 16.8. The third-order valence-corrected chi connectivity index (χ3v) is 4.38. The van der Waals surface area contributed by atoms with Crippen molar-refractivity contribution < 1.29 is 20.1 Å². The number of imidazole rings is 1. The van der Waals surface area contributed by atoms with Crippen LogP contribution in [0.15, 0.2) is 41.2 Å². The highest BCUT2D eigenvalue weighted by molar-refractivity contribution is 5.58. The summed E-state index contributed by atoms with van der Waals surface area (Å²) in [6, 6.07) is 6.15. The lowest BCUT2D eigenvalue weighted by Crippen LogP contribution is -2.99. The topological polar surface area (TPSA) is 139 Å². The van der Waals surface area contributed by atoms with Crippen molar-refractivity contribution in [2.24, 2.45) is 0 Å². The molecular weight excluding hydrogens is 340 g/mol. The molecule has 2 aromatic heterocycles. The number of hydrogen-bond acceptors (Lipinski definition) is 8. The van der Waals surface area contributed by atoms with E-state index >= 15 is 0 Å². The summed E-state index contributed by atoms with van der Waals surface area (Å²) < 4.78 is 5.41. The van der Waals surface area contributed by atoms with E-state index in [1.165, 1.54) is 12.1 Å². The third kappa shape index (κ3) is 3.36. The summed E-state index contributed by atoms with van der Waals surface area (Å²) in [5, 5.41) is 33.3. The van der Waals surface area contributed by atoms with Gasteiger partial charge in [-0.3, -0.25) is 4.90 Å². The Labute approximate surface area is 148 Å². The van der Waals surface area contributed by atoms with Gasteiger partial charge in [-0.05, 0) is 6.42 Å². The minimum absolute atomic E-state index is 0.157. The maximum Gasteiger partial charge on any atom is 0.244 e. The van der Waals surface area contributed by atoms with Crippen molar-refractivity contribution >= 4 is 5.69 Å². The largest absolute Gasteiger partial charge is 0.595 e. The first kappa shape index (κ1) is 16.8. The van der Waals surface area contributed by atoms with Gasteiger partial charge in [-0.25, -0.2) is 10.2 Å². The average Bonchev–Trinajstić information content (AvgIpc) is 3.36. The fraction of sp³-hybridized carbons (Fsp3) is 0.312. The monoisotopic (exact) mass is 358 g/mol. The van der Waals surface area contributed by atoms with Gasteiger partial charge in [0.2, 0.25) is 11.7 Å². The molecule has 0 bridgehead atoms. The first-order valence-corrected chi connectivity index (χ1v) is 8.18. The number of H-pyrrole nitrogens is 1. The Morgan fingerprint density at radius 1 is 1.42 bits per heavy atom. The van der Waals surface area contributed by atoms with Gasteiger partial charge in [-0.15, -0.1) is 0 Å². The molecule has 10 heteroatoms. The Hall–Kier alpha value is -2.63. The summed E-state index contributed by atoms with van der Waals surface area (Å²) in [6.07, 6.45) is 3.42. The summed E-state index contributed by atoms with van der Waals surface area (Å²) in [7, 11) is 0. The third-order valence-electron chi connectivity index (χ3n) is 4.38. The SMILES string of the molecule is [O-][NH+](O)c1cccc(-c2noc(C3CC(O)CN3Cc3ncc[nH]3)n2)c1. The molecule has 0 spiro atoms. The van der Waals surface area contributed by atoms with Crippen molar-refractivity contribution in [2.75, 3.05) is 6.54 Å². The number of aliphatic hydroxyl groups is 1. The molecule has 1 fully saturated rings. The molecule has 0 radical (unpaired) electrons. The van der Waals surface area contributed by atoms with Crippen LogP contribution >= 0.6 is 0 Å². The lowest BCUT2D eigenvalue weighted by Gasteiger charge is -2.19. The predicted molar refractivity (Wildman–Crippen MR) is 87.9 cm³/mol. The Kier molecular flexibility index (Phi) is 4.49. The van der Waals surface area contributed by atoms with E-state index in [4.69, 9.17) is 9.73 Å². The molecule has 0 saturated carbocycles. The van der Waals surface area contributed by atoms with Crippen LogP contribution in [-0.4, -0.2) is 48.0 Å². The number of benzene rings is 1. The van der Waals surface area contributed by atoms with Crippen molar-refractivity contribution in [2.45, 2.75) is 25.1 Å². The highest BCUT2D eigenvalue weighted by Gasteiger charge is 2.36. The second-order valence-electron chi connectivity index (χ2n) is 6.21. The number of aromatic amines is 1. The van der Waals surface area contributed by atoms with E-state index in [-0.39, 0.29) is 11.7 Å². The normalized spacial score (nSPS) is 22.0. The summed E-state index contributed by atoms with van der Waals surface area (Å²) in [5.41, 5.74) is 0.723. The molecule has 136 valence electrons. The van der Waals surface area contributed by atoms with Crippen LogP contribution in [0.25, 0.3) is 11.4 Å². The number of β-amino-alcohol motifs (C(OH)–C–C–N with tert-alkyl or cyclic N) is 1. The molecule has 3 aromatic rings. The van der Waals surface area contributed by atoms with E-state index in [0.29, 0.717) is 36.8 Å². The number of nitrogens with zero attached hydrogens (tertiary/aromatic N) is 4. The summed E-state index contributed by atoms with van der Waals surface area (Å²) in [5.74, 6) is 1.50. The van der Waals surface area contributed by atoms with Gasteiger partial charge in [-0.1, -0.05) is 17.3 Å². The number of rotatable bonds is 5. The van der Waals surface area contributed by atoms with Crippen LogP contribution in [0.2, 0.25) is 0 Å². The number of aromatic nitrogens is 4. The van der Waals surface area contributed by atoms with Crippen LogP contribution in [0.4, 0.5) is 5.69 Å². The maximum absolute atomic E-state index is 11.1. The Balaban J connectivity index is 1.57. The van der Waals surface area contributed by atoms with Crippen LogP contribution < -0.4 is 5.23 Å². The summed E-state index contributed by atoms with van der Waals surface area (Å²) in [6.45, 7) is 1.01. The van der Waals surface area contributed by atoms with Crippen molar-refractivity contribution in [1.82, 2.24) is 25.0 Å². The molecule has 1 aliphatic rings. The molecule has 0 amide bonds. The Morgan fingerprint density at radius 2 is 2.31 bits per heavy atom. The van der Waals surface area contributed by atoms with E-state index in [9.17, 15) is 10.3 Å². The van der Waals surface area contributed by atoms with Gasteiger partial charge in [0.25, 0.3) is 0 Å². The second kappa shape index (κ2) is 6.94. The van der Waals surface area contributed by atoms with Crippen molar-refractivity contribution in [3.05, 3.63) is 53.6 Å². The fourth-order valence-electron chi connectivity index (χ4n) is 3.17. The molecule has 3 heterocycles. The quantitative estimate of drug-likeness (QED) is 0.474. The van der Waals surface area contributed by atoms with Gasteiger partial charge in [0.1, 0.15) is 5.82 Å². The standard InChI is InChI=1S/C16H18N6O4/c23-12-7-13(21(8-12)9-14-17-4-5-18-14)16-19-15(20-26-16)10-2-1-3-11(6-10)22(24)25/h1-6,12-13,22-24H,7-9H2,(H,17,18). The van der Waals surface area contributed by atoms with E-state index in [0.717, 1.165) is 5.82 Å². The van der Waals surface area contributed by atoms with Crippen LogP contribution in [-0.2, 0) is 6.54 Å². The minimum Gasteiger partial charge on any atom is -0.595 e. The number of aliphatic hydroxyl groups excluding tert-OH is 1. The van der Waals surface area contributed by atoms with Gasteiger partial charge in [0.15, 0.2) is 5.69 Å². The molecule has 26 heavy (non-hydrogen) atoms. The molecule has 4 N–H and O–H groups in total. The zero-order chi connectivity index (χ0) is 18.1. The van der Waals surface area contributed by atoms with Crippen LogP contribution in [0, 0.1) is 5.21 Å². The second-order valence-corrected chi connectivity index (χ2v) is 6.21. The van der Waals surface area contributed by atoms with Crippen molar-refractivity contribution in [3.8, 4) is 11.4 Å². The zero-order valence-electron chi connectivity index (χ0n) is 13.7. The summed E-state index contributed by atoms with van der Waals surface area (Å²) in [4.78, 5) is 13.7. The van der Waals surface area contributed by atoms with Gasteiger partial charge in [0.05, 0.1) is 18.7 Å². The van der Waals surface area contributed by atoms with Crippen molar-refractivity contribution in [3.63, 3.8) is 0 Å². The fourth-order valence-corrected chi connectivity index (χ4v) is 3.17. The van der Waals surface area contributed by atoms with Crippen LogP contribution in [0.5, 0.6) is 0 Å². The number of nitrogens with one attached hydrogen (secondary N) is 2. The highest BCUT2D eigenvalue weighted by Crippen LogP contribution is 2.33. The van der Waals surface area contributed by atoms with Crippen LogP contribution in [0.3, 0.4) is 0 Å². The lowest BCUT2D eigenvalue weighted by atomic mass is 10.2. The first-order chi connectivity index (χ1) is 12.6. The smallest absolute Gasteiger partial charge is 0.244 e. The molecule has 10 nitrogen and oxygen atoms in total. The molecule has 1 aliphatic heterocycles.